The van der Waals surface area contributed by atoms with Gasteiger partial charge in [0.25, 0.3) is 0 Å². The van der Waals surface area contributed by atoms with Gasteiger partial charge in [-0.15, -0.1) is 0 Å². The fourth-order valence-electron chi connectivity index (χ4n) is 3.26. The number of carbonyl (C=O) groups is 1. The molecule has 3 aliphatic rings. The molecule has 5 nitrogen and oxygen atoms in total. The van der Waals surface area contributed by atoms with Gasteiger partial charge in [0.1, 0.15) is 29.2 Å². The second kappa shape index (κ2) is 4.22. The number of rotatable bonds is 2. The van der Waals surface area contributed by atoms with Crippen LogP contribution in [0.5, 0.6) is 17.2 Å². The van der Waals surface area contributed by atoms with Crippen molar-refractivity contribution in [1.29, 1.82) is 0 Å². The number of ether oxygens (including phenoxy) is 2. The van der Waals surface area contributed by atoms with Crippen molar-refractivity contribution in [2.45, 2.75) is 31.3 Å². The number of aromatic nitrogens is 1. The van der Waals surface area contributed by atoms with Gasteiger partial charge in [-0.2, -0.15) is 0 Å². The second-order valence-electron chi connectivity index (χ2n) is 5.98. The molecule has 2 atom stereocenters. The van der Waals surface area contributed by atoms with E-state index in [1.54, 1.807) is 6.20 Å². The number of nitrogens with zero attached hydrogens (tertiary/aromatic N) is 1. The monoisotopic (exact) mass is 294 g/mol. The van der Waals surface area contributed by atoms with E-state index in [-0.39, 0.29) is 5.91 Å². The van der Waals surface area contributed by atoms with E-state index in [1.165, 1.54) is 5.56 Å². The summed E-state index contributed by atoms with van der Waals surface area (Å²) in [6.07, 6.45) is 4.29. The largest absolute Gasteiger partial charge is 0.489 e. The van der Waals surface area contributed by atoms with Gasteiger partial charge in [0.2, 0.25) is 5.91 Å². The third-order valence-electron chi connectivity index (χ3n) is 4.49. The van der Waals surface area contributed by atoms with Crippen LogP contribution in [0.25, 0.3) is 0 Å². The number of nitrogens with one attached hydrogen (secondary N) is 1. The van der Waals surface area contributed by atoms with Gasteiger partial charge in [-0.3, -0.25) is 4.79 Å². The Morgan fingerprint density at radius 1 is 1.27 bits per heavy atom. The maximum absolute atomic E-state index is 11.5. The second-order valence-corrected chi connectivity index (χ2v) is 5.98. The van der Waals surface area contributed by atoms with Gasteiger partial charge in [0.15, 0.2) is 0 Å². The Bertz CT molecular complexity index is 802. The third kappa shape index (κ3) is 1.78. The lowest BCUT2D eigenvalue weighted by molar-refractivity contribution is -0.116. The van der Waals surface area contributed by atoms with Gasteiger partial charge in [-0.1, -0.05) is 0 Å². The van der Waals surface area contributed by atoms with Crippen molar-refractivity contribution in [3.63, 3.8) is 0 Å². The summed E-state index contributed by atoms with van der Waals surface area (Å²) in [4.78, 5) is 15.7. The molecule has 2 aliphatic heterocycles. The summed E-state index contributed by atoms with van der Waals surface area (Å²) >= 11 is 0. The molecule has 1 fully saturated rings. The van der Waals surface area contributed by atoms with Crippen molar-refractivity contribution in [3.8, 4) is 17.2 Å². The molecule has 1 saturated carbocycles. The van der Waals surface area contributed by atoms with E-state index in [0.717, 1.165) is 29.2 Å². The van der Waals surface area contributed by atoms with E-state index < -0.39 is 0 Å². The lowest BCUT2D eigenvalue weighted by Gasteiger charge is -2.19. The molecule has 5 heteroatoms. The molecule has 1 N–H and O–H groups in total. The van der Waals surface area contributed by atoms with E-state index >= 15 is 0 Å². The van der Waals surface area contributed by atoms with E-state index in [1.807, 2.05) is 18.2 Å². The molecule has 0 unspecified atom stereocenters. The molecular weight excluding hydrogens is 280 g/mol. The van der Waals surface area contributed by atoms with Gasteiger partial charge in [0, 0.05) is 29.7 Å². The Kier molecular flexibility index (Phi) is 2.31. The van der Waals surface area contributed by atoms with Crippen LogP contribution in [0.3, 0.4) is 0 Å². The first-order chi connectivity index (χ1) is 10.8. The smallest absolute Gasteiger partial charge is 0.225 e. The van der Waals surface area contributed by atoms with Gasteiger partial charge in [-0.25, -0.2) is 4.98 Å². The molecule has 2 aromatic rings. The number of carbonyl (C=O) groups excluding carboxylic acids is 1. The van der Waals surface area contributed by atoms with Crippen LogP contribution in [0.4, 0.5) is 5.82 Å². The number of hydrogen-bond donors (Lipinski definition) is 1. The zero-order chi connectivity index (χ0) is 14.7. The summed E-state index contributed by atoms with van der Waals surface area (Å²) in [7, 11) is 0. The van der Waals surface area contributed by atoms with Crippen LogP contribution in [0, 0.1) is 0 Å². The quantitative estimate of drug-likeness (QED) is 0.925. The molecule has 1 aromatic carbocycles. The molecule has 5 rings (SSSR count). The number of anilines is 1. The van der Waals surface area contributed by atoms with Crippen molar-refractivity contribution >= 4 is 11.7 Å². The summed E-state index contributed by atoms with van der Waals surface area (Å²) in [6, 6.07) is 7.82. The number of amides is 1. The predicted molar refractivity (Wildman–Crippen MR) is 79.5 cm³/mol. The van der Waals surface area contributed by atoms with Gasteiger partial charge < -0.3 is 14.8 Å². The molecule has 22 heavy (non-hydrogen) atoms. The minimum absolute atomic E-state index is 0.00612. The molecule has 1 aromatic heterocycles. The van der Waals surface area contributed by atoms with Crippen LogP contribution in [0.1, 0.15) is 29.9 Å². The average Bonchev–Trinajstić information content (AvgIpc) is 3.20. The molecule has 1 aliphatic carbocycles. The zero-order valence-electron chi connectivity index (χ0n) is 11.8. The number of fused-ring (bicyclic) bond motifs is 4. The first kappa shape index (κ1) is 12.0. The maximum Gasteiger partial charge on any atom is 0.225 e. The van der Waals surface area contributed by atoms with Crippen LogP contribution >= 0.6 is 0 Å². The summed E-state index contributed by atoms with van der Waals surface area (Å²) in [6.45, 7) is 0. The highest BCUT2D eigenvalue weighted by Gasteiger charge is 2.48. The van der Waals surface area contributed by atoms with Crippen LogP contribution in [0.2, 0.25) is 0 Å². The number of hydrogen-bond acceptors (Lipinski definition) is 4. The van der Waals surface area contributed by atoms with Crippen molar-refractivity contribution < 1.29 is 14.3 Å². The Morgan fingerprint density at radius 2 is 2.23 bits per heavy atom. The molecule has 110 valence electrons. The first-order valence-corrected chi connectivity index (χ1v) is 7.54. The van der Waals surface area contributed by atoms with Crippen molar-refractivity contribution in [2.75, 3.05) is 5.32 Å². The standard InChI is InChI=1S/C17H14N2O3/c20-16-4-2-10-14(5-6-18-17(10)19-16)21-9-1-3-13-11(7-9)12-8-15(12)22-13/h1,3,5-7,12,15H,2,4,8H2,(H,18,19,20)/t12-,15-/m1/s1. The third-order valence-corrected chi connectivity index (χ3v) is 4.49. The molecule has 1 amide bonds. The highest BCUT2D eigenvalue weighted by Crippen LogP contribution is 2.54. The first-order valence-electron chi connectivity index (χ1n) is 7.54. The molecule has 0 radical (unpaired) electrons. The highest BCUT2D eigenvalue weighted by atomic mass is 16.5. The minimum atomic E-state index is 0.00612. The fourth-order valence-corrected chi connectivity index (χ4v) is 3.26. The number of benzene rings is 1. The molecule has 3 heterocycles. The van der Waals surface area contributed by atoms with Crippen LogP contribution in [-0.4, -0.2) is 17.0 Å². The Morgan fingerprint density at radius 3 is 3.18 bits per heavy atom. The van der Waals surface area contributed by atoms with Gasteiger partial charge >= 0.3 is 0 Å². The Labute approximate surface area is 127 Å². The topological polar surface area (TPSA) is 60.5 Å². The van der Waals surface area contributed by atoms with Crippen LogP contribution in [-0.2, 0) is 11.2 Å². The minimum Gasteiger partial charge on any atom is -0.489 e. The summed E-state index contributed by atoms with van der Waals surface area (Å²) in [5.41, 5.74) is 2.21. The SMILES string of the molecule is O=C1CCc2c(Oc3ccc4c(c3)[C@H]3C[C@H]3O4)ccnc2N1. The predicted octanol–water partition coefficient (Wildman–Crippen LogP) is 3.01. The van der Waals surface area contributed by atoms with E-state index in [2.05, 4.69) is 16.4 Å². The lowest BCUT2D eigenvalue weighted by atomic mass is 10.1. The van der Waals surface area contributed by atoms with Crippen molar-refractivity contribution in [2.24, 2.45) is 0 Å². The van der Waals surface area contributed by atoms with Crippen LogP contribution < -0.4 is 14.8 Å². The molecule has 0 saturated heterocycles. The Balaban J connectivity index is 1.48. The molecule has 0 spiro atoms. The normalized spacial score (nSPS) is 23.7. The fraction of sp³-hybridized carbons (Fsp3) is 0.294. The Hall–Kier alpha value is -2.56. The highest BCUT2D eigenvalue weighted by molar-refractivity contribution is 5.93. The van der Waals surface area contributed by atoms with Crippen LogP contribution in [0.15, 0.2) is 30.5 Å². The summed E-state index contributed by atoms with van der Waals surface area (Å²) in [5.74, 6) is 3.71. The van der Waals surface area contributed by atoms with E-state index in [4.69, 9.17) is 9.47 Å². The lowest BCUT2D eigenvalue weighted by Crippen LogP contribution is -2.20. The van der Waals surface area contributed by atoms with E-state index in [0.29, 0.717) is 30.7 Å². The van der Waals surface area contributed by atoms with Gasteiger partial charge in [-0.05, 0) is 37.1 Å². The summed E-state index contributed by atoms with van der Waals surface area (Å²) < 4.78 is 11.8. The maximum atomic E-state index is 11.5. The average molecular weight is 294 g/mol. The molecular formula is C17H14N2O3. The zero-order valence-corrected chi connectivity index (χ0v) is 11.8. The van der Waals surface area contributed by atoms with Gasteiger partial charge in [0.05, 0.1) is 0 Å². The number of pyridine rings is 1. The van der Waals surface area contributed by atoms with Crippen molar-refractivity contribution in [1.82, 2.24) is 4.98 Å². The summed E-state index contributed by atoms with van der Waals surface area (Å²) in [5, 5.41) is 2.79. The molecule has 0 bridgehead atoms. The van der Waals surface area contributed by atoms with E-state index in [9.17, 15) is 4.79 Å². The van der Waals surface area contributed by atoms with Crippen molar-refractivity contribution in [3.05, 3.63) is 41.6 Å².